The minimum atomic E-state index is -0.676. The van der Waals surface area contributed by atoms with Crippen LogP contribution in [0.25, 0.3) is 0 Å². The first kappa shape index (κ1) is 22.6. The van der Waals surface area contributed by atoms with Crippen molar-refractivity contribution in [1.82, 2.24) is 10.2 Å². The summed E-state index contributed by atoms with van der Waals surface area (Å²) in [6, 6.07) is 10.3. The highest BCUT2D eigenvalue weighted by Crippen LogP contribution is 2.24. The predicted octanol–water partition coefficient (Wildman–Crippen LogP) is 5.15. The average Bonchev–Trinajstić information content (AvgIpc) is 3.21. The van der Waals surface area contributed by atoms with Crippen molar-refractivity contribution in [3.8, 4) is 0 Å². The molecule has 1 saturated carbocycles. The van der Waals surface area contributed by atoms with Crippen molar-refractivity contribution in [3.05, 3.63) is 69.5 Å². The largest absolute Gasteiger partial charge is 0.352 e. The lowest BCUT2D eigenvalue weighted by Gasteiger charge is -2.30. The lowest BCUT2D eigenvalue weighted by Crippen LogP contribution is -2.50. The molecule has 2 aromatic carbocycles. The smallest absolute Gasteiger partial charge is 0.242 e. The second kappa shape index (κ2) is 10.3. The molecule has 0 saturated heterocycles. The molecule has 160 valence electrons. The summed E-state index contributed by atoms with van der Waals surface area (Å²) in [6.45, 7) is 1.89. The molecule has 4 nitrogen and oxygen atoms in total. The third-order valence-corrected chi connectivity index (χ3v) is 6.08. The second-order valence-corrected chi connectivity index (χ2v) is 8.57. The minimum absolute atomic E-state index is 0.0620. The summed E-state index contributed by atoms with van der Waals surface area (Å²) in [4.78, 5) is 27.5. The van der Waals surface area contributed by atoms with Gasteiger partial charge in [-0.1, -0.05) is 54.2 Å². The van der Waals surface area contributed by atoms with E-state index in [1.807, 2.05) is 0 Å². The van der Waals surface area contributed by atoms with E-state index in [9.17, 15) is 14.0 Å². The molecule has 1 aliphatic carbocycles. The highest BCUT2D eigenvalue weighted by Gasteiger charge is 2.29. The van der Waals surface area contributed by atoms with Crippen LogP contribution in [0, 0.1) is 5.82 Å². The third-order valence-electron chi connectivity index (χ3n) is 5.49. The predicted molar refractivity (Wildman–Crippen MR) is 117 cm³/mol. The maximum absolute atomic E-state index is 13.2. The first-order valence-electron chi connectivity index (χ1n) is 10.1. The quantitative estimate of drug-likeness (QED) is 0.633. The fourth-order valence-corrected chi connectivity index (χ4v) is 4.15. The average molecular weight is 451 g/mol. The third kappa shape index (κ3) is 5.96. The standard InChI is InChI=1S/C23H25Cl2FN2O2/c1-15(23(30)27-20-4-2-3-5-20)28(14-17-8-9-18(24)13-21(17)25)22(29)12-16-6-10-19(26)11-7-16/h6-11,13,15,20H,2-5,12,14H2,1H3,(H,27,30). The molecular formula is C23H25Cl2FN2O2. The number of hydrogen-bond donors (Lipinski definition) is 1. The van der Waals surface area contributed by atoms with E-state index in [1.165, 1.54) is 17.0 Å². The van der Waals surface area contributed by atoms with E-state index in [0.29, 0.717) is 21.2 Å². The van der Waals surface area contributed by atoms with Crippen molar-refractivity contribution >= 4 is 35.0 Å². The Labute approximate surface area is 186 Å². The Kier molecular flexibility index (Phi) is 7.73. The van der Waals surface area contributed by atoms with Crippen LogP contribution in [0.5, 0.6) is 0 Å². The van der Waals surface area contributed by atoms with Crippen molar-refractivity contribution in [2.75, 3.05) is 0 Å². The molecule has 2 aromatic rings. The monoisotopic (exact) mass is 450 g/mol. The van der Waals surface area contributed by atoms with Crippen LogP contribution in [0.2, 0.25) is 10.0 Å². The molecule has 1 atom stereocenters. The molecule has 0 radical (unpaired) electrons. The van der Waals surface area contributed by atoms with Crippen LogP contribution in [0.15, 0.2) is 42.5 Å². The number of halogens is 3. The van der Waals surface area contributed by atoms with Crippen LogP contribution in [-0.4, -0.2) is 28.8 Å². The number of carbonyl (C=O) groups is 2. The summed E-state index contributed by atoms with van der Waals surface area (Å²) >= 11 is 12.3. The van der Waals surface area contributed by atoms with Crippen LogP contribution in [0.4, 0.5) is 4.39 Å². The Balaban J connectivity index is 1.79. The Morgan fingerprint density at radius 3 is 2.43 bits per heavy atom. The number of hydrogen-bond acceptors (Lipinski definition) is 2. The lowest BCUT2D eigenvalue weighted by atomic mass is 10.1. The Hall–Kier alpha value is -2.11. The lowest BCUT2D eigenvalue weighted by molar-refractivity contribution is -0.140. The van der Waals surface area contributed by atoms with Crippen molar-refractivity contribution < 1.29 is 14.0 Å². The highest BCUT2D eigenvalue weighted by molar-refractivity contribution is 6.35. The number of benzene rings is 2. The molecule has 0 heterocycles. The molecule has 1 fully saturated rings. The normalized spacial score (nSPS) is 15.1. The highest BCUT2D eigenvalue weighted by atomic mass is 35.5. The number of amides is 2. The zero-order valence-electron chi connectivity index (χ0n) is 16.8. The van der Waals surface area contributed by atoms with E-state index in [2.05, 4.69) is 5.32 Å². The SMILES string of the molecule is CC(C(=O)NC1CCCC1)N(Cc1ccc(Cl)cc1Cl)C(=O)Cc1ccc(F)cc1. The Morgan fingerprint density at radius 2 is 1.80 bits per heavy atom. The molecule has 3 rings (SSSR count). The fraction of sp³-hybridized carbons (Fsp3) is 0.391. The van der Waals surface area contributed by atoms with E-state index in [0.717, 1.165) is 25.7 Å². The maximum Gasteiger partial charge on any atom is 0.242 e. The van der Waals surface area contributed by atoms with Crippen molar-refractivity contribution in [2.24, 2.45) is 0 Å². The van der Waals surface area contributed by atoms with Gasteiger partial charge in [0, 0.05) is 22.6 Å². The molecular weight excluding hydrogens is 426 g/mol. The molecule has 1 aliphatic rings. The topological polar surface area (TPSA) is 49.4 Å². The first-order chi connectivity index (χ1) is 14.3. The van der Waals surface area contributed by atoms with Gasteiger partial charge in [-0.25, -0.2) is 4.39 Å². The van der Waals surface area contributed by atoms with Gasteiger partial charge in [-0.15, -0.1) is 0 Å². The Morgan fingerprint density at radius 1 is 1.13 bits per heavy atom. The van der Waals surface area contributed by atoms with E-state index in [4.69, 9.17) is 23.2 Å². The molecule has 0 spiro atoms. The summed E-state index contributed by atoms with van der Waals surface area (Å²) in [5.74, 6) is -0.776. The number of carbonyl (C=O) groups excluding carboxylic acids is 2. The van der Waals surface area contributed by atoms with Crippen LogP contribution < -0.4 is 5.32 Å². The summed E-state index contributed by atoms with van der Waals surface area (Å²) in [7, 11) is 0. The number of rotatable bonds is 7. The molecule has 0 bridgehead atoms. The van der Waals surface area contributed by atoms with Crippen molar-refractivity contribution in [3.63, 3.8) is 0 Å². The van der Waals surface area contributed by atoms with E-state index in [-0.39, 0.29) is 36.6 Å². The van der Waals surface area contributed by atoms with Crippen LogP contribution in [0.1, 0.15) is 43.7 Å². The van der Waals surface area contributed by atoms with Gasteiger partial charge in [0.15, 0.2) is 0 Å². The molecule has 7 heteroatoms. The van der Waals surface area contributed by atoms with E-state index < -0.39 is 6.04 Å². The number of nitrogens with one attached hydrogen (secondary N) is 1. The van der Waals surface area contributed by atoms with Crippen LogP contribution in [0.3, 0.4) is 0 Å². The van der Waals surface area contributed by atoms with E-state index in [1.54, 1.807) is 37.3 Å². The maximum atomic E-state index is 13.2. The van der Waals surface area contributed by atoms with Crippen LogP contribution >= 0.6 is 23.2 Å². The molecule has 1 unspecified atom stereocenters. The number of nitrogens with zero attached hydrogens (tertiary/aromatic N) is 1. The van der Waals surface area contributed by atoms with Gasteiger partial charge in [0.25, 0.3) is 0 Å². The summed E-state index contributed by atoms with van der Waals surface area (Å²) < 4.78 is 13.2. The minimum Gasteiger partial charge on any atom is -0.352 e. The van der Waals surface area contributed by atoms with Gasteiger partial charge in [-0.2, -0.15) is 0 Å². The first-order valence-corrected chi connectivity index (χ1v) is 10.9. The zero-order chi connectivity index (χ0) is 21.7. The van der Waals surface area contributed by atoms with Crippen molar-refractivity contribution in [1.29, 1.82) is 0 Å². The van der Waals surface area contributed by atoms with Gasteiger partial charge in [-0.05, 0) is 55.2 Å². The molecule has 30 heavy (non-hydrogen) atoms. The molecule has 2 amide bonds. The van der Waals surface area contributed by atoms with E-state index >= 15 is 0 Å². The Bertz CT molecular complexity index is 899. The van der Waals surface area contributed by atoms with Gasteiger partial charge in [0.1, 0.15) is 11.9 Å². The van der Waals surface area contributed by atoms with Gasteiger partial charge in [0.2, 0.25) is 11.8 Å². The van der Waals surface area contributed by atoms with Gasteiger partial charge < -0.3 is 10.2 Å². The molecule has 0 aromatic heterocycles. The zero-order valence-corrected chi connectivity index (χ0v) is 18.3. The summed E-state index contributed by atoms with van der Waals surface area (Å²) in [6.07, 6.45) is 4.20. The van der Waals surface area contributed by atoms with Gasteiger partial charge >= 0.3 is 0 Å². The van der Waals surface area contributed by atoms with Gasteiger partial charge in [-0.3, -0.25) is 9.59 Å². The molecule has 0 aliphatic heterocycles. The summed E-state index contributed by atoms with van der Waals surface area (Å²) in [5, 5.41) is 3.99. The van der Waals surface area contributed by atoms with Crippen molar-refractivity contribution in [2.45, 2.75) is 57.7 Å². The second-order valence-electron chi connectivity index (χ2n) is 7.73. The summed E-state index contributed by atoms with van der Waals surface area (Å²) in [5.41, 5.74) is 1.38. The van der Waals surface area contributed by atoms with Crippen LogP contribution in [-0.2, 0) is 22.6 Å². The fourth-order valence-electron chi connectivity index (χ4n) is 3.69. The molecule has 1 N–H and O–H groups in total. The van der Waals surface area contributed by atoms with Gasteiger partial charge in [0.05, 0.1) is 6.42 Å².